The van der Waals surface area contributed by atoms with Crippen molar-refractivity contribution in [2.75, 3.05) is 5.32 Å². The molecule has 0 fully saturated rings. The first kappa shape index (κ1) is 13.7. The summed E-state index contributed by atoms with van der Waals surface area (Å²) >= 11 is 3.04. The number of nitrogens with zero attached hydrogens (tertiary/aromatic N) is 3. The molecule has 1 N–H and O–H groups in total. The SMILES string of the molecule is Cc1c(NC(C#N)=C(C#N)C#N)ccc(Br)c1F. The maximum atomic E-state index is 13.6. The number of nitrogens with one attached hydrogen (secondary N) is 1. The van der Waals surface area contributed by atoms with Crippen LogP contribution in [0.25, 0.3) is 0 Å². The van der Waals surface area contributed by atoms with Gasteiger partial charge >= 0.3 is 0 Å². The van der Waals surface area contributed by atoms with Gasteiger partial charge in [0.15, 0.2) is 5.57 Å². The summed E-state index contributed by atoms with van der Waals surface area (Å²) in [5, 5.41) is 28.8. The molecule has 0 radical (unpaired) electrons. The second-order valence-electron chi connectivity index (χ2n) is 3.24. The van der Waals surface area contributed by atoms with E-state index in [9.17, 15) is 4.39 Å². The van der Waals surface area contributed by atoms with Crippen molar-refractivity contribution in [1.29, 1.82) is 15.8 Å². The minimum Gasteiger partial charge on any atom is -0.345 e. The van der Waals surface area contributed by atoms with E-state index in [0.29, 0.717) is 10.2 Å². The molecule has 0 saturated carbocycles. The Bertz CT molecular complexity index is 628. The van der Waals surface area contributed by atoms with Crippen LogP contribution in [0.4, 0.5) is 10.1 Å². The Labute approximate surface area is 112 Å². The van der Waals surface area contributed by atoms with Crippen molar-refractivity contribution < 1.29 is 4.39 Å². The van der Waals surface area contributed by atoms with Gasteiger partial charge in [0.05, 0.1) is 4.47 Å². The van der Waals surface area contributed by atoms with Crippen LogP contribution in [0, 0.1) is 46.7 Å². The molecule has 1 aromatic carbocycles. The molecule has 88 valence electrons. The van der Waals surface area contributed by atoms with Gasteiger partial charge in [0.1, 0.15) is 29.7 Å². The molecule has 0 unspecified atom stereocenters. The van der Waals surface area contributed by atoms with Crippen molar-refractivity contribution in [3.63, 3.8) is 0 Å². The third-order valence-corrected chi connectivity index (χ3v) is 2.80. The van der Waals surface area contributed by atoms with E-state index in [0.717, 1.165) is 0 Å². The predicted octanol–water partition coefficient (Wildman–Crippen LogP) is 3.13. The van der Waals surface area contributed by atoms with Gasteiger partial charge < -0.3 is 5.32 Å². The molecule has 0 aliphatic heterocycles. The Balaban J connectivity index is 3.26. The lowest BCUT2D eigenvalue weighted by atomic mass is 10.1. The molecule has 0 saturated heterocycles. The Morgan fingerprint density at radius 2 is 1.83 bits per heavy atom. The van der Waals surface area contributed by atoms with E-state index in [4.69, 9.17) is 15.8 Å². The van der Waals surface area contributed by atoms with E-state index in [1.165, 1.54) is 13.0 Å². The first-order valence-corrected chi connectivity index (χ1v) is 5.50. The lowest BCUT2D eigenvalue weighted by Crippen LogP contribution is -2.03. The van der Waals surface area contributed by atoms with Crippen molar-refractivity contribution in [2.24, 2.45) is 0 Å². The monoisotopic (exact) mass is 304 g/mol. The van der Waals surface area contributed by atoms with Gasteiger partial charge in [-0.05, 0) is 35.0 Å². The van der Waals surface area contributed by atoms with Crippen molar-refractivity contribution in [3.05, 3.63) is 39.3 Å². The number of rotatable bonds is 2. The summed E-state index contributed by atoms with van der Waals surface area (Å²) in [6.45, 7) is 1.52. The smallest absolute Gasteiger partial charge is 0.163 e. The average molecular weight is 305 g/mol. The van der Waals surface area contributed by atoms with E-state index >= 15 is 0 Å². The second kappa shape index (κ2) is 5.82. The van der Waals surface area contributed by atoms with E-state index in [1.807, 2.05) is 0 Å². The molecule has 0 spiro atoms. The van der Waals surface area contributed by atoms with Crippen molar-refractivity contribution >= 4 is 21.6 Å². The molecule has 0 aromatic heterocycles. The van der Waals surface area contributed by atoms with Crippen molar-refractivity contribution in [3.8, 4) is 18.2 Å². The molecule has 0 aliphatic carbocycles. The standard InChI is InChI=1S/C12H6BrFN4/c1-7-10(3-2-9(13)12(7)14)18-11(6-17)8(4-15)5-16/h2-3,18H,1H3. The number of hydrogen-bond donors (Lipinski definition) is 1. The molecule has 0 bridgehead atoms. The molecule has 0 heterocycles. The van der Waals surface area contributed by atoms with Gasteiger partial charge in [-0.2, -0.15) is 15.8 Å². The zero-order valence-corrected chi connectivity index (χ0v) is 10.8. The molecule has 18 heavy (non-hydrogen) atoms. The molecule has 0 aliphatic rings. The van der Waals surface area contributed by atoms with Gasteiger partial charge in [-0.3, -0.25) is 0 Å². The van der Waals surface area contributed by atoms with E-state index < -0.39 is 5.82 Å². The lowest BCUT2D eigenvalue weighted by molar-refractivity contribution is 0.612. The van der Waals surface area contributed by atoms with Crippen molar-refractivity contribution in [1.82, 2.24) is 0 Å². The summed E-state index contributed by atoms with van der Waals surface area (Å²) in [6, 6.07) is 7.92. The van der Waals surface area contributed by atoms with E-state index in [2.05, 4.69) is 21.2 Å². The minimum atomic E-state index is -0.465. The Hall–Kier alpha value is -2.36. The highest BCUT2D eigenvalue weighted by molar-refractivity contribution is 9.10. The Morgan fingerprint density at radius 3 is 2.33 bits per heavy atom. The second-order valence-corrected chi connectivity index (χ2v) is 4.10. The summed E-state index contributed by atoms with van der Waals surface area (Å²) in [7, 11) is 0. The number of allylic oxidation sites excluding steroid dienone is 2. The van der Waals surface area contributed by atoms with Gasteiger partial charge in [0, 0.05) is 11.3 Å². The third-order valence-electron chi connectivity index (χ3n) is 2.18. The summed E-state index contributed by atoms with van der Waals surface area (Å²) in [6.07, 6.45) is 0. The number of anilines is 1. The number of halogens is 2. The van der Waals surface area contributed by atoms with Gasteiger partial charge in [0.2, 0.25) is 0 Å². The fraction of sp³-hybridized carbons (Fsp3) is 0.0833. The van der Waals surface area contributed by atoms with Gasteiger partial charge in [0.25, 0.3) is 0 Å². The lowest BCUT2D eigenvalue weighted by Gasteiger charge is -2.09. The van der Waals surface area contributed by atoms with E-state index in [1.54, 1.807) is 24.3 Å². The topological polar surface area (TPSA) is 83.4 Å². The fourth-order valence-electron chi connectivity index (χ4n) is 1.21. The highest BCUT2D eigenvalue weighted by Gasteiger charge is 2.11. The Morgan fingerprint density at radius 1 is 1.22 bits per heavy atom. The van der Waals surface area contributed by atoms with Crippen LogP contribution in [-0.2, 0) is 0 Å². The maximum Gasteiger partial charge on any atom is 0.163 e. The quantitative estimate of drug-likeness (QED) is 0.851. The molecular formula is C12H6BrFN4. The van der Waals surface area contributed by atoms with Crippen LogP contribution in [-0.4, -0.2) is 0 Å². The molecule has 0 atom stereocenters. The average Bonchev–Trinajstić information content (AvgIpc) is 2.38. The number of benzene rings is 1. The summed E-state index contributed by atoms with van der Waals surface area (Å²) < 4.78 is 13.9. The highest BCUT2D eigenvalue weighted by Crippen LogP contribution is 2.26. The number of nitriles is 3. The molecule has 0 amide bonds. The van der Waals surface area contributed by atoms with Crippen LogP contribution in [0.2, 0.25) is 0 Å². The number of hydrogen-bond acceptors (Lipinski definition) is 4. The summed E-state index contributed by atoms with van der Waals surface area (Å²) in [5.41, 5.74) is 0.0626. The predicted molar refractivity (Wildman–Crippen MR) is 66.3 cm³/mol. The Kier molecular flexibility index (Phi) is 4.43. The van der Waals surface area contributed by atoms with Gasteiger partial charge in [-0.1, -0.05) is 0 Å². The van der Waals surface area contributed by atoms with Crippen LogP contribution < -0.4 is 5.32 Å². The molecule has 4 nitrogen and oxygen atoms in total. The molecular weight excluding hydrogens is 299 g/mol. The highest BCUT2D eigenvalue weighted by atomic mass is 79.9. The molecule has 6 heteroatoms. The maximum absolute atomic E-state index is 13.6. The third kappa shape index (κ3) is 2.66. The molecule has 1 rings (SSSR count). The van der Waals surface area contributed by atoms with Crippen LogP contribution >= 0.6 is 15.9 Å². The van der Waals surface area contributed by atoms with Crippen LogP contribution in [0.5, 0.6) is 0 Å². The largest absolute Gasteiger partial charge is 0.345 e. The normalized spacial score (nSPS) is 8.67. The fourth-order valence-corrected chi connectivity index (χ4v) is 1.63. The minimum absolute atomic E-state index is 0.204. The summed E-state index contributed by atoms with van der Waals surface area (Å²) in [4.78, 5) is 0. The first-order chi connectivity index (χ1) is 8.54. The van der Waals surface area contributed by atoms with Gasteiger partial charge in [-0.15, -0.1) is 0 Å². The first-order valence-electron chi connectivity index (χ1n) is 4.71. The summed E-state index contributed by atoms with van der Waals surface area (Å²) in [5.74, 6) is -0.465. The zero-order chi connectivity index (χ0) is 13.7. The zero-order valence-electron chi connectivity index (χ0n) is 9.25. The molecule has 1 aromatic rings. The van der Waals surface area contributed by atoms with Crippen molar-refractivity contribution in [2.45, 2.75) is 6.92 Å². The van der Waals surface area contributed by atoms with Crippen LogP contribution in [0.1, 0.15) is 5.56 Å². The van der Waals surface area contributed by atoms with Gasteiger partial charge in [-0.25, -0.2) is 4.39 Å². The van der Waals surface area contributed by atoms with E-state index in [-0.39, 0.29) is 16.8 Å². The van der Waals surface area contributed by atoms with Crippen LogP contribution in [0.3, 0.4) is 0 Å². The van der Waals surface area contributed by atoms with Crippen LogP contribution in [0.15, 0.2) is 27.9 Å².